The van der Waals surface area contributed by atoms with Crippen LogP contribution in [0.3, 0.4) is 0 Å². The largest absolute Gasteiger partial charge is 0.465 e. The smallest absolute Gasteiger partial charge is 0.324 e. The normalized spacial score (nSPS) is 13.1. The van der Waals surface area contributed by atoms with Crippen LogP contribution in [0.2, 0.25) is 8.67 Å². The molecule has 1 aromatic carbocycles. The van der Waals surface area contributed by atoms with Crippen molar-refractivity contribution in [3.8, 4) is 0 Å². The molecule has 1 heterocycles. The first kappa shape index (κ1) is 27.0. The Hall–Kier alpha value is -1.21. The van der Waals surface area contributed by atoms with Crippen LogP contribution < -0.4 is 9.44 Å². The van der Waals surface area contributed by atoms with Gasteiger partial charge in [0, 0.05) is 6.54 Å². The topological polar surface area (TPSA) is 119 Å². The van der Waals surface area contributed by atoms with Gasteiger partial charge in [-0.05, 0) is 51.3 Å². The summed E-state index contributed by atoms with van der Waals surface area (Å²) in [7, 11) is -7.76. The fourth-order valence-corrected chi connectivity index (χ4v) is 7.15. The summed E-state index contributed by atoms with van der Waals surface area (Å²) < 4.78 is 59.9. The fraction of sp³-hybridized carbons (Fsp3) is 0.421. The highest BCUT2D eigenvalue weighted by molar-refractivity contribution is 7.90. The van der Waals surface area contributed by atoms with Crippen molar-refractivity contribution in [3.63, 3.8) is 0 Å². The summed E-state index contributed by atoms with van der Waals surface area (Å²) in [5.41, 5.74) is 0.947. The van der Waals surface area contributed by atoms with Crippen molar-refractivity contribution in [2.24, 2.45) is 0 Å². The monoisotopic (exact) mass is 542 g/mol. The first-order chi connectivity index (χ1) is 15.0. The van der Waals surface area contributed by atoms with E-state index in [1.54, 1.807) is 19.1 Å². The van der Waals surface area contributed by atoms with Crippen LogP contribution in [-0.2, 0) is 29.6 Å². The number of halogens is 2. The Morgan fingerprint density at radius 1 is 1.09 bits per heavy atom. The molecule has 0 bridgehead atoms. The highest BCUT2D eigenvalue weighted by Crippen LogP contribution is 2.34. The van der Waals surface area contributed by atoms with Gasteiger partial charge in [0.05, 0.1) is 15.8 Å². The number of esters is 1. The second-order valence-corrected chi connectivity index (χ2v) is 12.6. The molecule has 0 aliphatic heterocycles. The third kappa shape index (κ3) is 7.68. The molecule has 1 aromatic heterocycles. The van der Waals surface area contributed by atoms with Gasteiger partial charge in [-0.1, -0.05) is 40.9 Å². The maximum atomic E-state index is 12.6. The number of benzene rings is 1. The predicted octanol–water partition coefficient (Wildman–Crippen LogP) is 3.72. The Bertz CT molecular complexity index is 1130. The molecule has 1 atom stereocenters. The Morgan fingerprint density at radius 2 is 1.75 bits per heavy atom. The molecule has 0 fully saturated rings. The number of hydrogen-bond acceptors (Lipinski definition) is 7. The summed E-state index contributed by atoms with van der Waals surface area (Å²) in [5, 5.41) is 0. The third-order valence-electron chi connectivity index (χ3n) is 4.33. The number of carbonyl (C=O) groups is 1. The lowest BCUT2D eigenvalue weighted by atomic mass is 10.1. The van der Waals surface area contributed by atoms with E-state index in [2.05, 4.69) is 9.44 Å². The minimum Gasteiger partial charge on any atom is -0.465 e. The summed E-state index contributed by atoms with van der Waals surface area (Å²) >= 11 is 12.7. The van der Waals surface area contributed by atoms with Crippen molar-refractivity contribution >= 4 is 60.6 Å². The van der Waals surface area contributed by atoms with E-state index in [1.165, 1.54) is 18.2 Å². The van der Waals surface area contributed by atoms with Crippen molar-refractivity contribution < 1.29 is 26.4 Å². The molecule has 178 valence electrons. The molecule has 0 aliphatic rings. The zero-order valence-corrected chi connectivity index (χ0v) is 21.4. The van der Waals surface area contributed by atoms with E-state index in [1.807, 2.05) is 6.92 Å². The van der Waals surface area contributed by atoms with Gasteiger partial charge in [0.2, 0.25) is 20.0 Å². The molecule has 0 aliphatic carbocycles. The van der Waals surface area contributed by atoms with Crippen LogP contribution in [0, 0.1) is 6.92 Å². The fourth-order valence-electron chi connectivity index (χ4n) is 2.71. The van der Waals surface area contributed by atoms with Crippen LogP contribution in [0.15, 0.2) is 40.1 Å². The second kappa shape index (κ2) is 11.8. The molecule has 0 saturated heterocycles. The number of nitrogens with one attached hydrogen (secondary N) is 2. The first-order valence-electron chi connectivity index (χ1n) is 9.66. The van der Waals surface area contributed by atoms with E-state index in [-0.39, 0.29) is 38.0 Å². The molecule has 2 aromatic rings. The minimum atomic E-state index is -4.11. The Morgan fingerprint density at radius 3 is 2.31 bits per heavy atom. The molecule has 0 saturated carbocycles. The maximum absolute atomic E-state index is 12.6. The van der Waals surface area contributed by atoms with E-state index in [0.717, 1.165) is 16.9 Å². The number of hydrogen-bond donors (Lipinski definition) is 2. The number of thiophene rings is 1. The number of carbonyl (C=O) groups excluding carboxylic acids is 1. The van der Waals surface area contributed by atoms with Gasteiger partial charge in [0.15, 0.2) is 0 Å². The number of unbranched alkanes of at least 4 members (excludes halogenated alkanes) is 1. The molecular formula is C19H24Cl2N2O6S3. The third-order valence-corrected chi connectivity index (χ3v) is 9.03. The van der Waals surface area contributed by atoms with E-state index in [4.69, 9.17) is 27.9 Å². The SMILES string of the molecule is CCOC(=O)[C@H](CCCCNS(=O)(=O)c1ccc(C)cc1)NS(=O)(=O)c1cc(Cl)sc1Cl. The molecule has 0 radical (unpaired) electrons. The Kier molecular flexibility index (Phi) is 9.95. The molecule has 2 rings (SSSR count). The Labute approximate surface area is 202 Å². The zero-order chi connectivity index (χ0) is 23.9. The van der Waals surface area contributed by atoms with Crippen LogP contribution in [0.4, 0.5) is 0 Å². The Balaban J connectivity index is 1.96. The van der Waals surface area contributed by atoms with E-state index in [9.17, 15) is 21.6 Å². The van der Waals surface area contributed by atoms with Crippen LogP contribution in [0.25, 0.3) is 0 Å². The molecule has 0 unspecified atom stereocenters. The number of ether oxygens (including phenoxy) is 1. The molecule has 8 nitrogen and oxygen atoms in total. The van der Waals surface area contributed by atoms with Crippen molar-refractivity contribution in [1.82, 2.24) is 9.44 Å². The minimum absolute atomic E-state index is 0.0179. The van der Waals surface area contributed by atoms with Crippen LogP contribution in [-0.4, -0.2) is 42.0 Å². The van der Waals surface area contributed by atoms with Gasteiger partial charge in [-0.3, -0.25) is 4.79 Å². The van der Waals surface area contributed by atoms with Crippen molar-refractivity contribution in [1.29, 1.82) is 0 Å². The summed E-state index contributed by atoms with van der Waals surface area (Å²) in [4.78, 5) is 12.2. The lowest BCUT2D eigenvalue weighted by Gasteiger charge is -2.17. The number of sulfonamides is 2. The lowest BCUT2D eigenvalue weighted by Crippen LogP contribution is -2.41. The molecule has 13 heteroatoms. The van der Waals surface area contributed by atoms with Crippen molar-refractivity contribution in [2.45, 2.75) is 48.9 Å². The second-order valence-electron chi connectivity index (χ2n) is 6.82. The van der Waals surface area contributed by atoms with Gasteiger partial charge in [-0.25, -0.2) is 21.6 Å². The van der Waals surface area contributed by atoms with Gasteiger partial charge in [-0.2, -0.15) is 4.72 Å². The maximum Gasteiger partial charge on any atom is 0.324 e. The van der Waals surface area contributed by atoms with E-state index < -0.39 is 32.1 Å². The predicted molar refractivity (Wildman–Crippen MR) is 125 cm³/mol. The van der Waals surface area contributed by atoms with Crippen LogP contribution in [0.5, 0.6) is 0 Å². The first-order valence-corrected chi connectivity index (χ1v) is 14.2. The molecule has 32 heavy (non-hydrogen) atoms. The van der Waals surface area contributed by atoms with Crippen molar-refractivity contribution in [3.05, 3.63) is 44.6 Å². The van der Waals surface area contributed by atoms with Gasteiger partial charge in [0.25, 0.3) is 0 Å². The average Bonchev–Trinajstić information content (AvgIpc) is 3.06. The molecule has 0 amide bonds. The molecule has 0 spiro atoms. The van der Waals surface area contributed by atoms with Gasteiger partial charge >= 0.3 is 5.97 Å². The molecular weight excluding hydrogens is 519 g/mol. The highest BCUT2D eigenvalue weighted by Gasteiger charge is 2.29. The van der Waals surface area contributed by atoms with E-state index >= 15 is 0 Å². The average molecular weight is 544 g/mol. The quantitative estimate of drug-likeness (QED) is 0.311. The van der Waals surface area contributed by atoms with Gasteiger partial charge < -0.3 is 4.74 Å². The zero-order valence-electron chi connectivity index (χ0n) is 17.4. The van der Waals surface area contributed by atoms with Gasteiger partial charge in [-0.15, -0.1) is 11.3 Å². The summed E-state index contributed by atoms with van der Waals surface area (Å²) in [6.45, 7) is 3.68. The van der Waals surface area contributed by atoms with E-state index in [0.29, 0.717) is 12.8 Å². The highest BCUT2D eigenvalue weighted by atomic mass is 35.5. The molecule has 2 N–H and O–H groups in total. The summed E-state index contributed by atoms with van der Waals surface area (Å²) in [6, 6.07) is 6.51. The lowest BCUT2D eigenvalue weighted by molar-refractivity contribution is -0.145. The summed E-state index contributed by atoms with van der Waals surface area (Å²) in [5.74, 6) is -0.728. The number of rotatable bonds is 12. The van der Waals surface area contributed by atoms with Gasteiger partial charge in [0.1, 0.15) is 15.3 Å². The van der Waals surface area contributed by atoms with Crippen LogP contribution >= 0.6 is 34.5 Å². The standard InChI is InChI=1S/C19H24Cl2N2O6S3/c1-3-29-19(24)15(23-32(27,28)16-12-17(20)30-18(16)21)6-4-5-11-22-31(25,26)14-9-7-13(2)8-10-14/h7-10,12,15,22-23H,3-6,11H2,1-2H3/t15-/m0/s1. The number of aryl methyl sites for hydroxylation is 1. The summed E-state index contributed by atoms with van der Waals surface area (Å²) in [6.07, 6.45) is 0.855. The van der Waals surface area contributed by atoms with Crippen molar-refractivity contribution in [2.75, 3.05) is 13.2 Å². The van der Waals surface area contributed by atoms with Crippen LogP contribution in [0.1, 0.15) is 31.7 Å².